The van der Waals surface area contributed by atoms with Gasteiger partial charge in [-0.3, -0.25) is 9.36 Å². The number of rotatable bonds is 3. The standard InChI is InChI=1S/C26H34N6O6/c1-14-13-18(23(34)35)31-19(14)20(22(33)32-24(31)27-21(28-32)15-7-11-37-12-8-15)29-9-10-30(17-6-5-16(17)29)25(36)38-26(2,3)4/h7,14,16-18H,5-6,8-13H2,1-4H3,(H,34,35)/t14-,16+,17+,18?/m1/s1. The molecule has 12 heteroatoms. The van der Waals surface area contributed by atoms with Crippen molar-refractivity contribution in [2.75, 3.05) is 31.2 Å². The van der Waals surface area contributed by atoms with E-state index in [4.69, 9.17) is 9.47 Å². The molecule has 204 valence electrons. The molecule has 1 saturated heterocycles. The Morgan fingerprint density at radius 1 is 1.18 bits per heavy atom. The lowest BCUT2D eigenvalue weighted by Crippen LogP contribution is -2.67. The Morgan fingerprint density at radius 2 is 1.95 bits per heavy atom. The predicted molar refractivity (Wildman–Crippen MR) is 137 cm³/mol. The predicted octanol–water partition coefficient (Wildman–Crippen LogP) is 2.42. The maximum Gasteiger partial charge on any atom is 0.410 e. The highest BCUT2D eigenvalue weighted by atomic mass is 16.6. The van der Waals surface area contributed by atoms with Crippen LogP contribution in [-0.2, 0) is 14.3 Å². The van der Waals surface area contributed by atoms with Gasteiger partial charge in [0.15, 0.2) is 5.82 Å². The molecule has 4 atom stereocenters. The number of carbonyl (C=O) groups excluding carboxylic acids is 1. The summed E-state index contributed by atoms with van der Waals surface area (Å²) < 4.78 is 14.0. The van der Waals surface area contributed by atoms with Crippen LogP contribution in [0.5, 0.6) is 0 Å². The van der Waals surface area contributed by atoms with Crippen LogP contribution in [0.1, 0.15) is 76.9 Å². The zero-order valence-electron chi connectivity index (χ0n) is 22.2. The van der Waals surface area contributed by atoms with Crippen LogP contribution in [0.2, 0.25) is 0 Å². The van der Waals surface area contributed by atoms with Crippen LogP contribution in [-0.4, -0.2) is 85.2 Å². The number of fused-ring (bicyclic) bond motifs is 4. The highest BCUT2D eigenvalue weighted by molar-refractivity contribution is 5.76. The number of aliphatic carboxylic acids is 1. The second-order valence-corrected chi connectivity index (χ2v) is 11.7. The first-order valence-corrected chi connectivity index (χ1v) is 13.4. The summed E-state index contributed by atoms with van der Waals surface area (Å²) in [7, 11) is 0. The number of nitrogens with zero attached hydrogens (tertiary/aromatic N) is 6. The first-order valence-electron chi connectivity index (χ1n) is 13.4. The normalized spacial score (nSPS) is 27.0. The molecule has 1 unspecified atom stereocenters. The van der Waals surface area contributed by atoms with Gasteiger partial charge in [-0.15, -0.1) is 5.10 Å². The van der Waals surface area contributed by atoms with E-state index in [-0.39, 0.29) is 35.4 Å². The van der Waals surface area contributed by atoms with E-state index < -0.39 is 17.6 Å². The number of carboxylic acids is 1. The Labute approximate surface area is 219 Å². The van der Waals surface area contributed by atoms with Gasteiger partial charge in [0.1, 0.15) is 17.3 Å². The minimum atomic E-state index is -0.960. The van der Waals surface area contributed by atoms with Gasteiger partial charge in [0, 0.05) is 25.0 Å². The van der Waals surface area contributed by atoms with Gasteiger partial charge >= 0.3 is 12.1 Å². The van der Waals surface area contributed by atoms with E-state index in [1.807, 2.05) is 33.8 Å². The average Bonchev–Trinajstić information content (AvgIpc) is 3.42. The monoisotopic (exact) mass is 526 g/mol. The fourth-order valence-corrected chi connectivity index (χ4v) is 6.27. The lowest BCUT2D eigenvalue weighted by atomic mass is 9.81. The summed E-state index contributed by atoms with van der Waals surface area (Å²) in [5.74, 6) is -0.436. The number of anilines is 1. The number of aromatic nitrogens is 4. The van der Waals surface area contributed by atoms with Crippen LogP contribution in [0.15, 0.2) is 10.9 Å². The van der Waals surface area contributed by atoms with Gasteiger partial charge in [0.2, 0.25) is 5.78 Å². The quantitative estimate of drug-likeness (QED) is 0.640. The number of carboxylic acid groups (broad SMARTS) is 1. The molecule has 2 aromatic rings. The lowest BCUT2D eigenvalue weighted by Gasteiger charge is -2.54. The second-order valence-electron chi connectivity index (χ2n) is 11.7. The van der Waals surface area contributed by atoms with Crippen LogP contribution < -0.4 is 10.5 Å². The smallest absolute Gasteiger partial charge is 0.410 e. The van der Waals surface area contributed by atoms with Crippen molar-refractivity contribution in [3.05, 3.63) is 27.9 Å². The van der Waals surface area contributed by atoms with Crippen LogP contribution in [0.4, 0.5) is 10.5 Å². The molecule has 4 aliphatic rings. The number of hydrogen-bond donors (Lipinski definition) is 1. The van der Waals surface area contributed by atoms with Gasteiger partial charge in [-0.05, 0) is 52.0 Å². The Hall–Kier alpha value is -3.41. The van der Waals surface area contributed by atoms with E-state index in [2.05, 4.69) is 15.0 Å². The summed E-state index contributed by atoms with van der Waals surface area (Å²) in [5.41, 5.74) is 1.16. The Kier molecular flexibility index (Phi) is 5.78. The summed E-state index contributed by atoms with van der Waals surface area (Å²) in [5, 5.41) is 14.7. The SMILES string of the molecule is C[C@@H]1CC(C(=O)O)n2c1c(N1CCN(C(=O)OC(C)(C)C)[C@H]3CC[C@@H]31)c(=O)n1nc(C3=CCOCC3)nc21. The highest BCUT2D eigenvalue weighted by Crippen LogP contribution is 2.44. The molecule has 12 nitrogen and oxygen atoms in total. The van der Waals surface area contributed by atoms with Crippen molar-refractivity contribution in [3.63, 3.8) is 0 Å². The fourth-order valence-electron chi connectivity index (χ4n) is 6.27. The van der Waals surface area contributed by atoms with Gasteiger partial charge in [-0.1, -0.05) is 13.0 Å². The van der Waals surface area contributed by atoms with Gasteiger partial charge in [-0.2, -0.15) is 9.50 Å². The van der Waals surface area contributed by atoms with E-state index in [0.717, 1.165) is 18.4 Å². The maximum atomic E-state index is 14.1. The molecule has 6 rings (SSSR count). The molecular formula is C26H34N6O6. The van der Waals surface area contributed by atoms with Gasteiger partial charge in [-0.25, -0.2) is 9.59 Å². The van der Waals surface area contributed by atoms with E-state index in [1.54, 1.807) is 9.47 Å². The van der Waals surface area contributed by atoms with Crippen LogP contribution in [0, 0.1) is 0 Å². The minimum Gasteiger partial charge on any atom is -0.480 e. The van der Waals surface area contributed by atoms with Crippen molar-refractivity contribution < 1.29 is 24.2 Å². The van der Waals surface area contributed by atoms with Crippen molar-refractivity contribution in [1.82, 2.24) is 24.1 Å². The molecule has 0 radical (unpaired) electrons. The number of ether oxygens (including phenoxy) is 2. The summed E-state index contributed by atoms with van der Waals surface area (Å²) in [6.45, 7) is 9.36. The van der Waals surface area contributed by atoms with Crippen LogP contribution >= 0.6 is 0 Å². The minimum absolute atomic E-state index is 0.0524. The molecule has 38 heavy (non-hydrogen) atoms. The molecule has 0 spiro atoms. The van der Waals surface area contributed by atoms with E-state index in [9.17, 15) is 19.5 Å². The molecule has 1 amide bonds. The fraction of sp³-hybridized carbons (Fsp3) is 0.654. The van der Waals surface area contributed by atoms with E-state index in [0.29, 0.717) is 56.4 Å². The zero-order valence-corrected chi connectivity index (χ0v) is 22.2. The molecule has 2 aromatic heterocycles. The van der Waals surface area contributed by atoms with Gasteiger partial charge < -0.3 is 24.4 Å². The lowest BCUT2D eigenvalue weighted by molar-refractivity contribution is -0.140. The molecular weight excluding hydrogens is 492 g/mol. The van der Waals surface area contributed by atoms with Crippen LogP contribution in [0.25, 0.3) is 11.4 Å². The first kappa shape index (κ1) is 24.9. The summed E-state index contributed by atoms with van der Waals surface area (Å²) in [4.78, 5) is 47.9. The number of carbonyl (C=O) groups is 2. The summed E-state index contributed by atoms with van der Waals surface area (Å²) in [6, 6.07) is -0.966. The topological polar surface area (TPSA) is 132 Å². The molecule has 2 fully saturated rings. The third kappa shape index (κ3) is 3.88. The summed E-state index contributed by atoms with van der Waals surface area (Å²) in [6.07, 6.45) is 4.21. The van der Waals surface area contributed by atoms with Crippen LogP contribution in [0.3, 0.4) is 0 Å². The Morgan fingerprint density at radius 3 is 2.58 bits per heavy atom. The molecule has 1 aliphatic carbocycles. The molecule has 0 aromatic carbocycles. The van der Waals surface area contributed by atoms with Crippen molar-refractivity contribution in [3.8, 4) is 0 Å². The second kappa shape index (κ2) is 8.82. The Bertz CT molecular complexity index is 1400. The first-order chi connectivity index (χ1) is 18.0. The number of hydrogen-bond acceptors (Lipinski definition) is 8. The van der Waals surface area contributed by atoms with Crippen molar-refractivity contribution in [2.24, 2.45) is 0 Å². The van der Waals surface area contributed by atoms with Crippen molar-refractivity contribution in [2.45, 2.75) is 83.0 Å². The highest BCUT2D eigenvalue weighted by Gasteiger charge is 2.49. The molecule has 5 heterocycles. The third-order valence-electron chi connectivity index (χ3n) is 8.09. The number of piperazine rings is 1. The van der Waals surface area contributed by atoms with Crippen molar-refractivity contribution in [1.29, 1.82) is 0 Å². The zero-order chi connectivity index (χ0) is 26.9. The molecule has 0 bridgehead atoms. The molecule has 1 saturated carbocycles. The van der Waals surface area contributed by atoms with E-state index >= 15 is 0 Å². The van der Waals surface area contributed by atoms with E-state index in [1.165, 1.54) is 4.52 Å². The largest absolute Gasteiger partial charge is 0.480 e. The third-order valence-corrected chi connectivity index (χ3v) is 8.09. The average molecular weight is 527 g/mol. The number of amides is 1. The van der Waals surface area contributed by atoms with Crippen molar-refractivity contribution >= 4 is 29.1 Å². The maximum absolute atomic E-state index is 14.1. The molecule has 3 aliphatic heterocycles. The summed E-state index contributed by atoms with van der Waals surface area (Å²) >= 11 is 0. The van der Waals surface area contributed by atoms with Gasteiger partial charge in [0.05, 0.1) is 24.9 Å². The van der Waals surface area contributed by atoms with Gasteiger partial charge in [0.25, 0.3) is 5.56 Å². The Balaban J connectivity index is 1.46. The molecule has 1 N–H and O–H groups in total.